The zero-order chi connectivity index (χ0) is 22.8. The van der Waals surface area contributed by atoms with E-state index in [0.717, 1.165) is 42.5 Å². The maximum atomic E-state index is 13.2. The third-order valence-corrected chi connectivity index (χ3v) is 6.34. The monoisotopic (exact) mass is 444 g/mol. The Morgan fingerprint density at radius 2 is 1.45 bits per heavy atom. The topological polar surface area (TPSA) is 74.5 Å². The molecule has 0 aliphatic carbocycles. The number of quaternary nitrogens is 1. The van der Waals surface area contributed by atoms with Crippen LogP contribution in [0, 0.1) is 0 Å². The van der Waals surface area contributed by atoms with Crippen LogP contribution in [-0.4, -0.2) is 49.1 Å². The van der Waals surface area contributed by atoms with Gasteiger partial charge < -0.3 is 19.6 Å². The molecule has 0 saturated carbocycles. The fourth-order valence-electron chi connectivity index (χ4n) is 4.62. The molecule has 2 aliphatic heterocycles. The Balaban J connectivity index is 1.24. The second-order valence-corrected chi connectivity index (χ2v) is 8.37. The Morgan fingerprint density at radius 3 is 2.15 bits per heavy atom. The van der Waals surface area contributed by atoms with Crippen molar-refractivity contribution in [3.63, 3.8) is 0 Å². The number of piperazine rings is 1. The summed E-state index contributed by atoms with van der Waals surface area (Å²) in [5.41, 5.74) is 1.38. The van der Waals surface area contributed by atoms with Crippen LogP contribution in [0.2, 0.25) is 0 Å². The van der Waals surface area contributed by atoms with E-state index >= 15 is 0 Å². The summed E-state index contributed by atoms with van der Waals surface area (Å²) >= 11 is 0. The van der Waals surface area contributed by atoms with E-state index in [4.69, 9.17) is 4.74 Å². The first-order chi connectivity index (χ1) is 16.1. The fourth-order valence-corrected chi connectivity index (χ4v) is 4.62. The Kier molecular flexibility index (Phi) is 5.71. The number of carbonyl (C=O) groups excluding carboxylic acids is 2. The van der Waals surface area contributed by atoms with Gasteiger partial charge in [0.15, 0.2) is 6.04 Å². The average molecular weight is 445 g/mol. The highest BCUT2D eigenvalue weighted by atomic mass is 16.5. The summed E-state index contributed by atoms with van der Waals surface area (Å²) in [7, 11) is 0. The molecule has 0 unspecified atom stereocenters. The highest BCUT2D eigenvalue weighted by Crippen LogP contribution is 2.28. The predicted octanol–water partition coefficient (Wildman–Crippen LogP) is 2.22. The van der Waals surface area contributed by atoms with Crippen LogP contribution >= 0.6 is 0 Å². The maximum absolute atomic E-state index is 13.2. The number of phenolic OH excluding ortho intramolecular Hbond substituents is 1. The van der Waals surface area contributed by atoms with E-state index in [2.05, 4.69) is 4.90 Å². The third kappa shape index (κ3) is 4.27. The molecule has 3 aromatic carbocycles. The number of ether oxygens (including phenoxy) is 1. The molecule has 2 N–H and O–H groups in total. The van der Waals surface area contributed by atoms with Crippen LogP contribution in [0.3, 0.4) is 0 Å². The number of amides is 2. The van der Waals surface area contributed by atoms with Crippen molar-refractivity contribution in [2.75, 3.05) is 36.0 Å². The molecule has 2 fully saturated rings. The fraction of sp³-hybridized carbons (Fsp3) is 0.231. The first-order valence-corrected chi connectivity index (χ1v) is 11.2. The van der Waals surface area contributed by atoms with E-state index in [9.17, 15) is 14.7 Å². The number of anilines is 2. The average Bonchev–Trinajstić information content (AvgIpc) is 3.14. The van der Waals surface area contributed by atoms with E-state index in [1.807, 2.05) is 42.5 Å². The number of imide groups is 1. The van der Waals surface area contributed by atoms with Crippen molar-refractivity contribution >= 4 is 23.2 Å². The van der Waals surface area contributed by atoms with Crippen LogP contribution in [-0.2, 0) is 9.59 Å². The number of benzene rings is 3. The summed E-state index contributed by atoms with van der Waals surface area (Å²) in [6.07, 6.45) is 0.215. The molecule has 2 heterocycles. The van der Waals surface area contributed by atoms with Crippen molar-refractivity contribution < 1.29 is 24.3 Å². The molecule has 0 spiro atoms. The van der Waals surface area contributed by atoms with Crippen LogP contribution < -0.4 is 19.4 Å². The molecule has 1 atom stereocenters. The number of rotatable bonds is 5. The summed E-state index contributed by atoms with van der Waals surface area (Å²) in [5, 5.41) is 10.1. The van der Waals surface area contributed by atoms with Crippen LogP contribution in [0.1, 0.15) is 6.42 Å². The number of aromatic hydroxyl groups is 1. The zero-order valence-corrected chi connectivity index (χ0v) is 18.2. The van der Waals surface area contributed by atoms with E-state index in [1.165, 1.54) is 4.90 Å². The smallest absolute Gasteiger partial charge is 0.292 e. The van der Waals surface area contributed by atoms with Gasteiger partial charge in [0.05, 0.1) is 44.0 Å². The van der Waals surface area contributed by atoms with E-state index in [-0.39, 0.29) is 30.0 Å². The Labute approximate surface area is 192 Å². The van der Waals surface area contributed by atoms with Crippen molar-refractivity contribution in [1.82, 2.24) is 0 Å². The first kappa shape index (κ1) is 21.0. The molecule has 0 radical (unpaired) electrons. The number of carbonyl (C=O) groups is 2. The summed E-state index contributed by atoms with van der Waals surface area (Å²) < 4.78 is 5.81. The van der Waals surface area contributed by atoms with Gasteiger partial charge in [-0.3, -0.25) is 9.59 Å². The number of nitrogens with zero attached hydrogens (tertiary/aromatic N) is 2. The standard InChI is InChI=1S/C26H25N3O4/c30-24-9-5-4-8-22(24)27-14-16-28(17-15-27)23-18-25(31)29(26(23)32)19-10-12-21(13-11-19)33-20-6-2-1-3-7-20/h1-13,23,30H,14-18H2/p+1/t23-/m0/s1. The first-order valence-electron chi connectivity index (χ1n) is 11.2. The largest absolute Gasteiger partial charge is 0.506 e. The van der Waals surface area contributed by atoms with Crippen LogP contribution in [0.15, 0.2) is 78.9 Å². The number of para-hydroxylation sites is 3. The van der Waals surface area contributed by atoms with Gasteiger partial charge in [0.25, 0.3) is 5.91 Å². The molecule has 2 aliphatic rings. The molecule has 33 heavy (non-hydrogen) atoms. The van der Waals surface area contributed by atoms with E-state index in [0.29, 0.717) is 11.4 Å². The van der Waals surface area contributed by atoms with Gasteiger partial charge in [0.1, 0.15) is 17.2 Å². The van der Waals surface area contributed by atoms with Gasteiger partial charge in [0.2, 0.25) is 5.91 Å². The number of hydrogen-bond acceptors (Lipinski definition) is 5. The molecular weight excluding hydrogens is 418 g/mol. The highest BCUT2D eigenvalue weighted by molar-refractivity contribution is 6.21. The minimum Gasteiger partial charge on any atom is -0.506 e. The van der Waals surface area contributed by atoms with Gasteiger partial charge in [0, 0.05) is 0 Å². The minimum absolute atomic E-state index is 0.150. The number of phenols is 1. The molecule has 5 rings (SSSR count). The van der Waals surface area contributed by atoms with Gasteiger partial charge >= 0.3 is 0 Å². The third-order valence-electron chi connectivity index (χ3n) is 6.34. The van der Waals surface area contributed by atoms with Gasteiger partial charge in [-0.05, 0) is 48.5 Å². The zero-order valence-electron chi connectivity index (χ0n) is 18.2. The lowest BCUT2D eigenvalue weighted by Crippen LogP contribution is -3.19. The van der Waals surface area contributed by atoms with E-state index < -0.39 is 0 Å². The summed E-state index contributed by atoms with van der Waals surface area (Å²) in [4.78, 5) is 30.5. The predicted molar refractivity (Wildman–Crippen MR) is 125 cm³/mol. The summed E-state index contributed by atoms with van der Waals surface area (Å²) in [6.45, 7) is 2.90. The maximum Gasteiger partial charge on any atom is 0.292 e. The normalized spacial score (nSPS) is 19.2. The van der Waals surface area contributed by atoms with Crippen LogP contribution in [0.5, 0.6) is 17.2 Å². The molecule has 0 aromatic heterocycles. The molecule has 3 aromatic rings. The SMILES string of the molecule is O=C1C[C@H]([NH+]2CCN(c3ccccc3O)CC2)C(=O)N1c1ccc(Oc2ccccc2)cc1. The molecular formula is C26H26N3O4+. The second kappa shape index (κ2) is 8.96. The lowest BCUT2D eigenvalue weighted by molar-refractivity contribution is -0.915. The van der Waals surface area contributed by atoms with Crippen molar-refractivity contribution in [3.8, 4) is 17.2 Å². The van der Waals surface area contributed by atoms with Crippen LogP contribution in [0.4, 0.5) is 11.4 Å². The van der Waals surface area contributed by atoms with Gasteiger partial charge in [-0.15, -0.1) is 0 Å². The van der Waals surface area contributed by atoms with Crippen LogP contribution in [0.25, 0.3) is 0 Å². The van der Waals surface area contributed by atoms with Crippen molar-refractivity contribution in [2.45, 2.75) is 12.5 Å². The van der Waals surface area contributed by atoms with Crippen molar-refractivity contribution in [3.05, 3.63) is 78.9 Å². The van der Waals surface area contributed by atoms with Crippen molar-refractivity contribution in [1.29, 1.82) is 0 Å². The molecule has 2 amide bonds. The number of hydrogen-bond donors (Lipinski definition) is 2. The Bertz CT molecular complexity index is 1140. The minimum atomic E-state index is -0.371. The molecule has 7 nitrogen and oxygen atoms in total. The lowest BCUT2D eigenvalue weighted by atomic mass is 10.1. The summed E-state index contributed by atoms with van der Waals surface area (Å²) in [6, 6.07) is 23.4. The lowest BCUT2D eigenvalue weighted by Gasteiger charge is -2.35. The van der Waals surface area contributed by atoms with Gasteiger partial charge in [-0.1, -0.05) is 30.3 Å². The number of nitrogens with one attached hydrogen (secondary N) is 1. The Hall–Kier alpha value is -3.84. The summed E-state index contributed by atoms with van der Waals surface area (Å²) in [5.74, 6) is 1.32. The Morgan fingerprint density at radius 1 is 0.818 bits per heavy atom. The molecule has 168 valence electrons. The molecule has 7 heteroatoms. The second-order valence-electron chi connectivity index (χ2n) is 8.37. The molecule has 2 saturated heterocycles. The quantitative estimate of drug-likeness (QED) is 0.591. The van der Waals surface area contributed by atoms with Gasteiger partial charge in [-0.25, -0.2) is 4.90 Å². The van der Waals surface area contributed by atoms with E-state index in [1.54, 1.807) is 36.4 Å². The molecule has 0 bridgehead atoms. The van der Waals surface area contributed by atoms with Crippen molar-refractivity contribution in [2.24, 2.45) is 0 Å². The van der Waals surface area contributed by atoms with Gasteiger partial charge in [-0.2, -0.15) is 0 Å². The highest BCUT2D eigenvalue weighted by Gasteiger charge is 2.46.